The van der Waals surface area contributed by atoms with Gasteiger partial charge in [-0.2, -0.15) is 0 Å². The summed E-state index contributed by atoms with van der Waals surface area (Å²) in [6, 6.07) is 0. The van der Waals surface area contributed by atoms with Crippen molar-refractivity contribution in [2.75, 3.05) is 0 Å². The highest BCUT2D eigenvalue weighted by molar-refractivity contribution is 7.19. The number of nitrogens with zero attached hydrogens (tertiary/aromatic N) is 2. The Morgan fingerprint density at radius 3 is 3.50 bits per heavy atom. The molecule has 0 atom stereocenters. The van der Waals surface area contributed by atoms with E-state index in [4.69, 9.17) is 0 Å². The van der Waals surface area contributed by atoms with Crippen LogP contribution in [0.5, 0.6) is 0 Å². The number of hydrogen-bond acceptors (Lipinski definition) is 3. The van der Waals surface area contributed by atoms with Crippen molar-refractivity contribution in [1.82, 2.24) is 9.97 Å². The summed E-state index contributed by atoms with van der Waals surface area (Å²) >= 11 is 1.72. The van der Waals surface area contributed by atoms with Crippen LogP contribution in [0.2, 0.25) is 0 Å². The monoisotopic (exact) mass is 173 g/mol. The maximum atomic E-state index is 4.20. The molecular weight excluding hydrogens is 168 g/mol. The molecule has 0 aromatic carbocycles. The van der Waals surface area contributed by atoms with Gasteiger partial charge in [0.25, 0.3) is 0 Å². The van der Waals surface area contributed by atoms with E-state index in [9.17, 15) is 0 Å². The molecule has 0 saturated heterocycles. The zero-order valence-electron chi connectivity index (χ0n) is 6.24. The smallest absolute Gasteiger partial charge is 0.127 e. The molecule has 1 aliphatic carbocycles. The summed E-state index contributed by atoms with van der Waals surface area (Å²) in [6.45, 7) is 0. The Balaban J connectivity index is 2.49. The molecule has 0 unspecified atom stereocenters. The fourth-order valence-corrected chi connectivity index (χ4v) is 2.49. The molecule has 0 fully saturated rings. The Morgan fingerprint density at radius 2 is 2.50 bits per heavy atom. The zero-order valence-corrected chi connectivity index (χ0v) is 7.06. The minimum atomic E-state index is 0.919. The molecule has 0 spiro atoms. The van der Waals surface area contributed by atoms with Crippen molar-refractivity contribution >= 4 is 27.6 Å². The molecule has 2 heterocycles. The quantitative estimate of drug-likeness (QED) is 0.609. The fraction of sp³-hybridized carbons (Fsp3) is 0.111. The molecule has 1 aliphatic rings. The van der Waals surface area contributed by atoms with Gasteiger partial charge in [-0.15, -0.1) is 11.3 Å². The lowest BCUT2D eigenvalue weighted by Crippen LogP contribution is -1.79. The first kappa shape index (κ1) is 6.31. The first-order chi connectivity index (χ1) is 5.95. The van der Waals surface area contributed by atoms with E-state index >= 15 is 0 Å². The van der Waals surface area contributed by atoms with E-state index in [2.05, 4.69) is 16.0 Å². The van der Waals surface area contributed by atoms with Gasteiger partial charge >= 0.3 is 0 Å². The van der Waals surface area contributed by atoms with Crippen molar-refractivity contribution in [3.8, 4) is 0 Å². The molecule has 1 radical (unpaired) electrons. The third kappa shape index (κ3) is 0.689. The van der Waals surface area contributed by atoms with E-state index in [1.54, 1.807) is 17.7 Å². The van der Waals surface area contributed by atoms with E-state index in [0.717, 1.165) is 11.3 Å². The number of hydrogen-bond donors (Lipinski definition) is 0. The van der Waals surface area contributed by atoms with Crippen LogP contribution in [0.25, 0.3) is 16.3 Å². The van der Waals surface area contributed by atoms with Gasteiger partial charge in [-0.25, -0.2) is 9.97 Å². The zero-order chi connectivity index (χ0) is 7.97. The second-order valence-corrected chi connectivity index (χ2v) is 3.74. The van der Waals surface area contributed by atoms with Gasteiger partial charge in [0.2, 0.25) is 0 Å². The summed E-state index contributed by atoms with van der Waals surface area (Å²) < 4.78 is 0. The van der Waals surface area contributed by atoms with Crippen LogP contribution in [0.15, 0.2) is 12.5 Å². The molecule has 0 bridgehead atoms. The van der Waals surface area contributed by atoms with Crippen molar-refractivity contribution in [3.05, 3.63) is 29.0 Å². The van der Waals surface area contributed by atoms with Crippen LogP contribution in [-0.4, -0.2) is 9.97 Å². The second-order valence-electron chi connectivity index (χ2n) is 2.71. The summed E-state index contributed by atoms with van der Waals surface area (Å²) in [5.74, 6) is 0. The van der Waals surface area contributed by atoms with E-state index in [0.29, 0.717) is 0 Å². The van der Waals surface area contributed by atoms with Gasteiger partial charge in [0.1, 0.15) is 11.2 Å². The van der Waals surface area contributed by atoms with Crippen LogP contribution < -0.4 is 0 Å². The summed E-state index contributed by atoms with van der Waals surface area (Å²) in [7, 11) is 0. The number of allylic oxidation sites excluding steroid dienone is 1. The highest BCUT2D eigenvalue weighted by atomic mass is 32.1. The Labute approximate surface area is 73.6 Å². The molecule has 2 nitrogen and oxygen atoms in total. The topological polar surface area (TPSA) is 25.8 Å². The molecule has 0 amide bonds. The number of fused-ring (bicyclic) bond motifs is 3. The first-order valence-electron chi connectivity index (χ1n) is 3.73. The van der Waals surface area contributed by atoms with Crippen molar-refractivity contribution in [3.63, 3.8) is 0 Å². The maximum Gasteiger partial charge on any atom is 0.127 e. The molecule has 2 aromatic rings. The van der Waals surface area contributed by atoms with Gasteiger partial charge in [-0.05, 0) is 24.1 Å². The van der Waals surface area contributed by atoms with Gasteiger partial charge < -0.3 is 0 Å². The van der Waals surface area contributed by atoms with Crippen LogP contribution in [-0.2, 0) is 6.42 Å². The van der Waals surface area contributed by atoms with Crippen molar-refractivity contribution in [2.45, 2.75) is 6.42 Å². The minimum Gasteiger partial charge on any atom is -0.244 e. The second kappa shape index (κ2) is 2.14. The lowest BCUT2D eigenvalue weighted by atomic mass is 10.2. The summed E-state index contributed by atoms with van der Waals surface area (Å²) in [6.07, 6.45) is 9.64. The van der Waals surface area contributed by atoms with E-state index in [-0.39, 0.29) is 0 Å². The maximum absolute atomic E-state index is 4.20. The Bertz CT molecular complexity index is 470. The fourth-order valence-electron chi connectivity index (χ4n) is 1.45. The standard InChI is InChI=1S/C9H5N2S/c1-2-6-7-4-10-5-11-9(7)12-8(6)3-1/h3-5H,2H2. The van der Waals surface area contributed by atoms with Gasteiger partial charge in [0.05, 0.1) is 0 Å². The molecule has 3 heteroatoms. The third-order valence-electron chi connectivity index (χ3n) is 2.02. The SMILES string of the molecule is [C]1=Cc2sc3ncncc3c2C1. The van der Waals surface area contributed by atoms with Crippen molar-refractivity contribution in [2.24, 2.45) is 0 Å². The molecule has 2 aromatic heterocycles. The lowest BCUT2D eigenvalue weighted by Gasteiger charge is -1.88. The van der Waals surface area contributed by atoms with Crippen LogP contribution >= 0.6 is 11.3 Å². The van der Waals surface area contributed by atoms with Crippen LogP contribution in [0.4, 0.5) is 0 Å². The largest absolute Gasteiger partial charge is 0.244 e. The van der Waals surface area contributed by atoms with Crippen LogP contribution in [0.3, 0.4) is 0 Å². The Hall–Kier alpha value is -1.22. The molecule has 3 rings (SSSR count). The summed E-state index contributed by atoms with van der Waals surface area (Å²) in [5, 5.41) is 1.19. The van der Waals surface area contributed by atoms with Crippen LogP contribution in [0.1, 0.15) is 10.4 Å². The number of rotatable bonds is 0. The van der Waals surface area contributed by atoms with Gasteiger partial charge in [-0.1, -0.05) is 0 Å². The summed E-state index contributed by atoms with van der Waals surface area (Å²) in [4.78, 5) is 10.6. The molecule has 0 N–H and O–H groups in total. The Morgan fingerprint density at radius 1 is 1.50 bits per heavy atom. The highest BCUT2D eigenvalue weighted by Gasteiger charge is 2.13. The number of thiophene rings is 1. The Kier molecular flexibility index (Phi) is 1.12. The molecule has 12 heavy (non-hydrogen) atoms. The normalized spacial score (nSPS) is 14.0. The molecule has 0 saturated carbocycles. The summed E-state index contributed by atoms with van der Waals surface area (Å²) in [5.41, 5.74) is 1.34. The molecule has 57 valence electrons. The first-order valence-corrected chi connectivity index (χ1v) is 4.55. The molecule has 0 aliphatic heterocycles. The third-order valence-corrected chi connectivity index (χ3v) is 3.12. The predicted molar refractivity (Wildman–Crippen MR) is 48.8 cm³/mol. The lowest BCUT2D eigenvalue weighted by molar-refractivity contribution is 1.22. The number of aromatic nitrogens is 2. The average Bonchev–Trinajstić information content (AvgIpc) is 2.62. The van der Waals surface area contributed by atoms with Gasteiger partial charge in [-0.3, -0.25) is 0 Å². The van der Waals surface area contributed by atoms with Crippen molar-refractivity contribution in [1.29, 1.82) is 0 Å². The van der Waals surface area contributed by atoms with Gasteiger partial charge in [0.15, 0.2) is 0 Å². The average molecular weight is 173 g/mol. The van der Waals surface area contributed by atoms with Gasteiger partial charge in [0, 0.05) is 16.5 Å². The van der Waals surface area contributed by atoms with E-state index in [1.807, 2.05) is 12.3 Å². The van der Waals surface area contributed by atoms with E-state index < -0.39 is 0 Å². The van der Waals surface area contributed by atoms with E-state index in [1.165, 1.54) is 15.8 Å². The minimum absolute atomic E-state index is 0.919. The predicted octanol–water partition coefficient (Wildman–Crippen LogP) is 2.06. The van der Waals surface area contributed by atoms with Crippen LogP contribution in [0, 0.1) is 6.08 Å². The van der Waals surface area contributed by atoms with Crippen molar-refractivity contribution < 1.29 is 0 Å². The highest BCUT2D eigenvalue weighted by Crippen LogP contribution is 2.33. The molecular formula is C9H5N2S.